The van der Waals surface area contributed by atoms with E-state index in [1.54, 1.807) is 0 Å². The lowest BCUT2D eigenvalue weighted by Crippen LogP contribution is -2.02. The molecule has 1 N–H and O–H groups in total. The largest absolute Gasteiger partial charge is 0.484 e. The van der Waals surface area contributed by atoms with Gasteiger partial charge in [0.25, 0.3) is 11.1 Å². The third-order valence-electron chi connectivity index (χ3n) is 2.49. The molecule has 0 saturated heterocycles. The number of hydrogen-bond acceptors (Lipinski definition) is 7. The summed E-state index contributed by atoms with van der Waals surface area (Å²) in [7, 11) is 0. The first kappa shape index (κ1) is 15.8. The topological polar surface area (TPSA) is 77.6 Å². The smallest absolute Gasteiger partial charge is 0.276 e. The van der Waals surface area contributed by atoms with Gasteiger partial charge in [0.05, 0.1) is 19.8 Å². The zero-order valence-corrected chi connectivity index (χ0v) is 12.6. The first-order valence-corrected chi connectivity index (χ1v) is 7.60. The fraction of sp³-hybridized carbons (Fsp3) is 0.429. The zero-order valence-electron chi connectivity index (χ0n) is 11.8. The maximum Gasteiger partial charge on any atom is 0.276 e. The minimum atomic E-state index is 0.0334. The van der Waals surface area contributed by atoms with E-state index in [1.807, 2.05) is 31.2 Å². The van der Waals surface area contributed by atoms with Gasteiger partial charge in [0, 0.05) is 5.75 Å². The summed E-state index contributed by atoms with van der Waals surface area (Å²) in [6.45, 7) is 3.17. The van der Waals surface area contributed by atoms with Crippen molar-refractivity contribution < 1.29 is 19.0 Å². The fourth-order valence-corrected chi connectivity index (χ4v) is 2.19. The number of ether oxygens (including phenoxy) is 2. The molecule has 0 bridgehead atoms. The number of aryl methyl sites for hydroxylation is 1. The number of hydrogen-bond donors (Lipinski definition) is 1. The Morgan fingerprint density at radius 1 is 1.29 bits per heavy atom. The van der Waals surface area contributed by atoms with Gasteiger partial charge in [-0.1, -0.05) is 23.9 Å². The van der Waals surface area contributed by atoms with Crippen LogP contribution in [0.5, 0.6) is 5.75 Å². The molecule has 0 aliphatic rings. The quantitative estimate of drug-likeness (QED) is 0.561. The van der Waals surface area contributed by atoms with E-state index in [0.29, 0.717) is 30.1 Å². The molecule has 0 fully saturated rings. The van der Waals surface area contributed by atoms with E-state index in [9.17, 15) is 0 Å². The van der Waals surface area contributed by atoms with Crippen LogP contribution in [0.1, 0.15) is 11.5 Å². The van der Waals surface area contributed by atoms with Crippen LogP contribution in [0.4, 0.5) is 0 Å². The van der Waals surface area contributed by atoms with Gasteiger partial charge in [0.1, 0.15) is 5.75 Å². The molecule has 0 amide bonds. The Morgan fingerprint density at radius 3 is 3.00 bits per heavy atom. The summed E-state index contributed by atoms with van der Waals surface area (Å²) in [5.74, 6) is 1.91. The van der Waals surface area contributed by atoms with Crippen molar-refractivity contribution in [2.75, 3.05) is 25.6 Å². The molecule has 1 heterocycles. The third-order valence-corrected chi connectivity index (χ3v) is 3.27. The molecule has 2 rings (SSSR count). The number of rotatable bonds is 9. The van der Waals surface area contributed by atoms with Crippen molar-refractivity contribution in [3.63, 3.8) is 0 Å². The monoisotopic (exact) mass is 310 g/mol. The predicted molar refractivity (Wildman–Crippen MR) is 78.4 cm³/mol. The van der Waals surface area contributed by atoms with Gasteiger partial charge in [-0.15, -0.1) is 10.2 Å². The van der Waals surface area contributed by atoms with Crippen molar-refractivity contribution in [3.8, 4) is 5.75 Å². The van der Waals surface area contributed by atoms with Crippen LogP contribution in [0.3, 0.4) is 0 Å². The molecule has 1 aromatic heterocycles. The van der Waals surface area contributed by atoms with Crippen molar-refractivity contribution >= 4 is 11.8 Å². The van der Waals surface area contributed by atoms with Gasteiger partial charge in [-0.2, -0.15) is 0 Å². The SMILES string of the molecule is Cc1cccc(OCc2nnc(SCCOCCO)o2)c1. The minimum Gasteiger partial charge on any atom is -0.484 e. The van der Waals surface area contributed by atoms with E-state index in [4.69, 9.17) is 19.0 Å². The van der Waals surface area contributed by atoms with Crippen molar-refractivity contribution in [3.05, 3.63) is 35.7 Å². The van der Waals surface area contributed by atoms with E-state index in [1.165, 1.54) is 11.8 Å². The molecule has 0 atom stereocenters. The summed E-state index contributed by atoms with van der Waals surface area (Å²) >= 11 is 1.41. The van der Waals surface area contributed by atoms with Gasteiger partial charge in [0.2, 0.25) is 0 Å². The van der Waals surface area contributed by atoms with Gasteiger partial charge in [-0.25, -0.2) is 0 Å². The van der Waals surface area contributed by atoms with Gasteiger partial charge in [-0.3, -0.25) is 0 Å². The molecule has 0 aliphatic heterocycles. The average Bonchev–Trinajstić information content (AvgIpc) is 2.93. The average molecular weight is 310 g/mol. The molecule has 1 aromatic carbocycles. The highest BCUT2D eigenvalue weighted by Crippen LogP contribution is 2.18. The lowest BCUT2D eigenvalue weighted by Gasteiger charge is -2.03. The number of nitrogens with zero attached hydrogens (tertiary/aromatic N) is 2. The highest BCUT2D eigenvalue weighted by Gasteiger charge is 2.07. The molecule has 114 valence electrons. The maximum absolute atomic E-state index is 8.57. The molecule has 0 spiro atoms. The molecule has 21 heavy (non-hydrogen) atoms. The normalized spacial score (nSPS) is 10.8. The third kappa shape index (κ3) is 5.74. The molecule has 6 nitrogen and oxygen atoms in total. The summed E-state index contributed by atoms with van der Waals surface area (Å²) < 4.78 is 16.2. The van der Waals surface area contributed by atoms with E-state index in [2.05, 4.69) is 10.2 Å². The first-order valence-electron chi connectivity index (χ1n) is 6.61. The Bertz CT molecular complexity index is 547. The van der Waals surface area contributed by atoms with Crippen LogP contribution in [-0.4, -0.2) is 40.9 Å². The van der Waals surface area contributed by atoms with Crippen molar-refractivity contribution in [1.82, 2.24) is 10.2 Å². The summed E-state index contributed by atoms with van der Waals surface area (Å²) in [6.07, 6.45) is 0. The molecule has 0 radical (unpaired) electrons. The lowest BCUT2D eigenvalue weighted by molar-refractivity contribution is 0.103. The van der Waals surface area contributed by atoms with Crippen molar-refractivity contribution in [1.29, 1.82) is 0 Å². The van der Waals surface area contributed by atoms with Gasteiger partial charge >= 0.3 is 0 Å². The molecule has 7 heteroatoms. The van der Waals surface area contributed by atoms with Crippen LogP contribution < -0.4 is 4.74 Å². The van der Waals surface area contributed by atoms with Crippen LogP contribution in [0.2, 0.25) is 0 Å². The Balaban J connectivity index is 1.72. The van der Waals surface area contributed by atoms with Crippen molar-refractivity contribution in [2.45, 2.75) is 18.8 Å². The fourth-order valence-electron chi connectivity index (χ4n) is 1.56. The van der Waals surface area contributed by atoms with Crippen LogP contribution in [0, 0.1) is 6.92 Å². The van der Waals surface area contributed by atoms with Gasteiger partial charge in [-0.05, 0) is 24.6 Å². The second kappa shape index (κ2) is 8.66. The summed E-state index contributed by atoms with van der Waals surface area (Å²) in [4.78, 5) is 0. The molecule has 0 saturated carbocycles. The second-order valence-corrected chi connectivity index (χ2v) is 5.30. The number of aliphatic hydroxyl groups excluding tert-OH is 1. The molecule has 0 unspecified atom stereocenters. The number of benzene rings is 1. The first-order chi connectivity index (χ1) is 10.3. The lowest BCUT2D eigenvalue weighted by atomic mass is 10.2. The number of thioether (sulfide) groups is 1. The maximum atomic E-state index is 8.57. The molecule has 2 aromatic rings. The van der Waals surface area contributed by atoms with E-state index in [-0.39, 0.29) is 13.2 Å². The van der Waals surface area contributed by atoms with Crippen LogP contribution >= 0.6 is 11.8 Å². The van der Waals surface area contributed by atoms with Crippen LogP contribution in [0.15, 0.2) is 33.9 Å². The van der Waals surface area contributed by atoms with Crippen LogP contribution in [-0.2, 0) is 11.3 Å². The summed E-state index contributed by atoms with van der Waals surface area (Å²) in [5.41, 5.74) is 1.14. The highest BCUT2D eigenvalue weighted by atomic mass is 32.2. The minimum absolute atomic E-state index is 0.0334. The Kier molecular flexibility index (Phi) is 6.52. The molecule has 0 aliphatic carbocycles. The second-order valence-electron chi connectivity index (χ2n) is 4.25. The molecular weight excluding hydrogens is 292 g/mol. The predicted octanol–water partition coefficient (Wildman–Crippen LogP) is 2.06. The number of aromatic nitrogens is 2. The summed E-state index contributed by atoms with van der Waals surface area (Å²) in [6, 6.07) is 7.78. The zero-order chi connectivity index (χ0) is 14.9. The van der Waals surface area contributed by atoms with Gasteiger partial charge in [0.15, 0.2) is 6.61 Å². The Labute approximate surface area is 127 Å². The standard InChI is InChI=1S/C14H18N2O4S/c1-11-3-2-4-12(9-11)19-10-13-15-16-14(20-13)21-8-7-18-6-5-17/h2-4,9,17H,5-8,10H2,1H3. The van der Waals surface area contributed by atoms with E-state index >= 15 is 0 Å². The molecular formula is C14H18N2O4S. The van der Waals surface area contributed by atoms with Crippen LogP contribution in [0.25, 0.3) is 0 Å². The Hall–Kier alpha value is -1.57. The van der Waals surface area contributed by atoms with Crippen molar-refractivity contribution in [2.24, 2.45) is 0 Å². The van der Waals surface area contributed by atoms with E-state index in [0.717, 1.165) is 11.3 Å². The Morgan fingerprint density at radius 2 is 2.19 bits per heavy atom. The highest BCUT2D eigenvalue weighted by molar-refractivity contribution is 7.99. The van der Waals surface area contributed by atoms with E-state index < -0.39 is 0 Å². The summed E-state index contributed by atoms with van der Waals surface area (Å²) in [5, 5.41) is 16.9. The van der Waals surface area contributed by atoms with Gasteiger partial charge < -0.3 is 19.0 Å². The number of aliphatic hydroxyl groups is 1.